The summed E-state index contributed by atoms with van der Waals surface area (Å²) in [6, 6.07) is 11.5. The molecule has 0 spiro atoms. The Labute approximate surface area is 158 Å². The SMILES string of the molecule is CN=C(NCc1cc(F)ccc1F)N1CCN(c2ccc(OC)cc2)CC1. The maximum absolute atomic E-state index is 13.8. The third-order valence-corrected chi connectivity index (χ3v) is 4.67. The summed E-state index contributed by atoms with van der Waals surface area (Å²) < 4.78 is 32.3. The van der Waals surface area contributed by atoms with E-state index < -0.39 is 11.6 Å². The predicted octanol–water partition coefficient (Wildman–Crippen LogP) is 2.87. The van der Waals surface area contributed by atoms with Gasteiger partial charge in [0.15, 0.2) is 5.96 Å². The molecule has 0 saturated carbocycles. The third kappa shape index (κ3) is 4.67. The largest absolute Gasteiger partial charge is 0.497 e. The molecule has 1 heterocycles. The van der Waals surface area contributed by atoms with Gasteiger partial charge in [-0.2, -0.15) is 0 Å². The van der Waals surface area contributed by atoms with E-state index in [1.165, 1.54) is 6.07 Å². The predicted molar refractivity (Wildman–Crippen MR) is 103 cm³/mol. The fourth-order valence-corrected chi connectivity index (χ4v) is 3.15. The molecule has 27 heavy (non-hydrogen) atoms. The highest BCUT2D eigenvalue weighted by atomic mass is 19.1. The van der Waals surface area contributed by atoms with Gasteiger partial charge in [0.2, 0.25) is 0 Å². The Hall–Kier alpha value is -2.83. The van der Waals surface area contributed by atoms with Gasteiger partial charge in [0.1, 0.15) is 17.4 Å². The van der Waals surface area contributed by atoms with E-state index in [9.17, 15) is 8.78 Å². The Morgan fingerprint density at radius 3 is 2.41 bits per heavy atom. The minimum Gasteiger partial charge on any atom is -0.497 e. The molecule has 3 rings (SSSR count). The molecular formula is C20H24F2N4O. The van der Waals surface area contributed by atoms with Gasteiger partial charge in [-0.15, -0.1) is 0 Å². The molecule has 5 nitrogen and oxygen atoms in total. The van der Waals surface area contributed by atoms with E-state index in [1.807, 2.05) is 24.3 Å². The second-order valence-electron chi connectivity index (χ2n) is 6.31. The van der Waals surface area contributed by atoms with Gasteiger partial charge >= 0.3 is 0 Å². The van der Waals surface area contributed by atoms with Gasteiger partial charge in [0.05, 0.1) is 7.11 Å². The molecular weight excluding hydrogens is 350 g/mol. The Morgan fingerprint density at radius 2 is 1.78 bits per heavy atom. The quantitative estimate of drug-likeness (QED) is 0.660. The van der Waals surface area contributed by atoms with Crippen molar-refractivity contribution in [2.45, 2.75) is 6.54 Å². The smallest absolute Gasteiger partial charge is 0.194 e. The number of ether oxygens (including phenoxy) is 1. The molecule has 1 saturated heterocycles. The van der Waals surface area contributed by atoms with Gasteiger partial charge in [0.25, 0.3) is 0 Å². The van der Waals surface area contributed by atoms with Crippen LogP contribution in [-0.4, -0.2) is 51.2 Å². The van der Waals surface area contributed by atoms with Crippen molar-refractivity contribution in [3.8, 4) is 5.75 Å². The first kappa shape index (κ1) is 18.9. The molecule has 0 bridgehead atoms. The number of halogens is 2. The monoisotopic (exact) mass is 374 g/mol. The van der Waals surface area contributed by atoms with Crippen LogP contribution in [0.25, 0.3) is 0 Å². The number of guanidine groups is 1. The minimum absolute atomic E-state index is 0.189. The third-order valence-electron chi connectivity index (χ3n) is 4.67. The minimum atomic E-state index is -0.448. The highest BCUT2D eigenvalue weighted by Crippen LogP contribution is 2.20. The molecule has 1 aliphatic heterocycles. The van der Waals surface area contributed by atoms with Crippen LogP contribution in [0.15, 0.2) is 47.5 Å². The van der Waals surface area contributed by atoms with Crippen LogP contribution in [0.2, 0.25) is 0 Å². The van der Waals surface area contributed by atoms with Gasteiger partial charge < -0.3 is 19.9 Å². The fraction of sp³-hybridized carbons (Fsp3) is 0.350. The van der Waals surface area contributed by atoms with Crippen LogP contribution in [0.3, 0.4) is 0 Å². The number of benzene rings is 2. The lowest BCUT2D eigenvalue weighted by Gasteiger charge is -2.37. The number of nitrogens with zero attached hydrogens (tertiary/aromatic N) is 3. The molecule has 0 radical (unpaired) electrons. The number of rotatable bonds is 4. The first-order chi connectivity index (χ1) is 13.1. The zero-order chi connectivity index (χ0) is 19.2. The molecule has 7 heteroatoms. The molecule has 1 fully saturated rings. The van der Waals surface area contributed by atoms with Gasteiger partial charge in [-0.05, 0) is 42.5 Å². The molecule has 2 aromatic carbocycles. The number of aliphatic imine (C=N–C) groups is 1. The zero-order valence-electron chi connectivity index (χ0n) is 15.6. The van der Waals surface area contributed by atoms with Crippen molar-refractivity contribution in [1.82, 2.24) is 10.2 Å². The maximum atomic E-state index is 13.8. The summed E-state index contributed by atoms with van der Waals surface area (Å²) in [4.78, 5) is 8.70. The molecule has 1 aliphatic rings. The highest BCUT2D eigenvalue weighted by Gasteiger charge is 2.20. The second kappa shape index (κ2) is 8.70. The van der Waals surface area contributed by atoms with Gasteiger partial charge in [-0.1, -0.05) is 0 Å². The lowest BCUT2D eigenvalue weighted by atomic mass is 10.2. The van der Waals surface area contributed by atoms with Crippen molar-refractivity contribution < 1.29 is 13.5 Å². The number of anilines is 1. The summed E-state index contributed by atoms with van der Waals surface area (Å²) in [6.45, 7) is 3.46. The van der Waals surface area contributed by atoms with Crippen molar-refractivity contribution in [2.75, 3.05) is 45.2 Å². The number of hydrogen-bond acceptors (Lipinski definition) is 3. The van der Waals surface area contributed by atoms with Crippen LogP contribution in [-0.2, 0) is 6.54 Å². The Morgan fingerprint density at radius 1 is 1.07 bits per heavy atom. The van der Waals surface area contributed by atoms with E-state index in [-0.39, 0.29) is 12.1 Å². The summed E-state index contributed by atoms with van der Waals surface area (Å²) >= 11 is 0. The molecule has 1 N–H and O–H groups in total. The van der Waals surface area contributed by atoms with E-state index in [0.717, 1.165) is 49.7 Å². The van der Waals surface area contributed by atoms with E-state index >= 15 is 0 Å². The fourth-order valence-electron chi connectivity index (χ4n) is 3.15. The summed E-state index contributed by atoms with van der Waals surface area (Å²) in [6.07, 6.45) is 0. The molecule has 144 valence electrons. The lowest BCUT2D eigenvalue weighted by molar-refractivity contribution is 0.372. The van der Waals surface area contributed by atoms with Crippen LogP contribution in [0.5, 0.6) is 5.75 Å². The van der Waals surface area contributed by atoms with Crippen molar-refractivity contribution in [2.24, 2.45) is 4.99 Å². The molecule has 0 atom stereocenters. The van der Waals surface area contributed by atoms with E-state index in [1.54, 1.807) is 14.2 Å². The average molecular weight is 374 g/mol. The Balaban J connectivity index is 1.56. The van der Waals surface area contributed by atoms with Gasteiger partial charge in [0, 0.05) is 51.0 Å². The van der Waals surface area contributed by atoms with Crippen LogP contribution in [0.1, 0.15) is 5.56 Å². The number of nitrogens with one attached hydrogen (secondary N) is 1. The summed E-state index contributed by atoms with van der Waals surface area (Å²) in [5, 5.41) is 3.13. The Kier molecular flexibility index (Phi) is 6.11. The van der Waals surface area contributed by atoms with Gasteiger partial charge in [-0.25, -0.2) is 8.78 Å². The molecule has 0 amide bonds. The van der Waals surface area contributed by atoms with Crippen molar-refractivity contribution in [3.63, 3.8) is 0 Å². The summed E-state index contributed by atoms with van der Waals surface area (Å²) in [5.41, 5.74) is 1.44. The highest BCUT2D eigenvalue weighted by molar-refractivity contribution is 5.80. The van der Waals surface area contributed by atoms with Crippen LogP contribution >= 0.6 is 0 Å². The van der Waals surface area contributed by atoms with E-state index in [4.69, 9.17) is 4.74 Å². The molecule has 0 aromatic heterocycles. The lowest BCUT2D eigenvalue weighted by Crippen LogP contribution is -2.52. The molecule has 2 aromatic rings. The van der Waals surface area contributed by atoms with Gasteiger partial charge in [-0.3, -0.25) is 4.99 Å². The number of hydrogen-bond donors (Lipinski definition) is 1. The van der Waals surface area contributed by atoms with Crippen LogP contribution in [0, 0.1) is 11.6 Å². The van der Waals surface area contributed by atoms with Crippen LogP contribution in [0.4, 0.5) is 14.5 Å². The molecule has 0 aliphatic carbocycles. The van der Waals surface area contributed by atoms with E-state index in [2.05, 4.69) is 20.1 Å². The normalized spacial score (nSPS) is 15.0. The summed E-state index contributed by atoms with van der Waals surface area (Å²) in [7, 11) is 3.35. The Bertz CT molecular complexity index is 787. The summed E-state index contributed by atoms with van der Waals surface area (Å²) in [5.74, 6) is 0.652. The van der Waals surface area contributed by atoms with Crippen molar-refractivity contribution >= 4 is 11.6 Å². The maximum Gasteiger partial charge on any atom is 0.194 e. The number of methoxy groups -OCH3 is 1. The first-order valence-electron chi connectivity index (χ1n) is 8.89. The number of piperazine rings is 1. The standard InChI is InChI=1S/C20H24F2N4O/c1-23-20(24-14-15-13-16(21)3-8-19(15)22)26-11-9-25(10-12-26)17-4-6-18(27-2)7-5-17/h3-8,13H,9-12,14H2,1-2H3,(H,23,24). The topological polar surface area (TPSA) is 40.1 Å². The zero-order valence-corrected chi connectivity index (χ0v) is 15.6. The second-order valence-corrected chi connectivity index (χ2v) is 6.31. The molecule has 0 unspecified atom stereocenters. The van der Waals surface area contributed by atoms with Crippen molar-refractivity contribution in [3.05, 3.63) is 59.7 Å². The van der Waals surface area contributed by atoms with Crippen LogP contribution < -0.4 is 15.0 Å². The first-order valence-corrected chi connectivity index (χ1v) is 8.89. The average Bonchev–Trinajstić information content (AvgIpc) is 2.71. The van der Waals surface area contributed by atoms with Crippen molar-refractivity contribution in [1.29, 1.82) is 0 Å². The van der Waals surface area contributed by atoms with E-state index in [0.29, 0.717) is 5.96 Å².